The molecule has 15 atom stereocenters. The number of nitrogens with zero attached hydrogens (tertiary/aromatic N) is 1. The Balaban J connectivity index is 1.50. The van der Waals surface area contributed by atoms with Crippen LogP contribution in [-0.4, -0.2) is 127 Å². The third kappa shape index (κ3) is 16.1. The molecule has 0 aromatic heterocycles. The Kier molecular flexibility index (Phi) is 22.4. The van der Waals surface area contributed by atoms with Gasteiger partial charge in [-0.2, -0.15) is 0 Å². The van der Waals surface area contributed by atoms with Gasteiger partial charge in [-0.15, -0.1) is 0 Å². The topological polar surface area (TPSA) is 215 Å². The summed E-state index contributed by atoms with van der Waals surface area (Å²) < 4.78 is 54.6. The second-order valence-electron chi connectivity index (χ2n) is 22.0. The van der Waals surface area contributed by atoms with Crippen LogP contribution >= 0.6 is 0 Å². The van der Waals surface area contributed by atoms with E-state index in [2.05, 4.69) is 4.72 Å². The summed E-state index contributed by atoms with van der Waals surface area (Å²) in [6.07, 6.45) is 12.7. The van der Waals surface area contributed by atoms with E-state index in [1.807, 2.05) is 45.9 Å². The van der Waals surface area contributed by atoms with Crippen molar-refractivity contribution >= 4 is 33.5 Å². The van der Waals surface area contributed by atoms with Gasteiger partial charge < -0.3 is 39.2 Å². The number of carbonyl (C=O) groups excluding carboxylic acids is 4. The first-order valence-corrected chi connectivity index (χ1v) is 28.2. The van der Waals surface area contributed by atoms with E-state index in [1.165, 1.54) is 18.1 Å². The molecule has 73 heavy (non-hydrogen) atoms. The number of Topliss-reactive ketones (excluding diaryl/α,β-unsaturated/α-hetero) is 2. The lowest BCUT2D eigenvalue weighted by atomic mass is 9.78. The Hall–Kier alpha value is -3.87. The van der Waals surface area contributed by atoms with Crippen molar-refractivity contribution in [2.24, 2.45) is 35.5 Å². The van der Waals surface area contributed by atoms with Crippen LogP contribution in [0.2, 0.25) is 0 Å². The number of carbonyl (C=O) groups is 4. The molecule has 2 bridgehead atoms. The summed E-state index contributed by atoms with van der Waals surface area (Å²) in [4.78, 5) is 58.6. The fraction of sp³-hybridized carbons (Fsp3) is 0.684. The second kappa shape index (κ2) is 27.3. The molecule has 0 radical (unpaired) electrons. The number of aliphatic hydroxyl groups excluding tert-OH is 2. The molecular formula is C57H86N2O13S. The molecule has 3 fully saturated rings. The monoisotopic (exact) mass is 1040 g/mol. The molecule has 1 aromatic rings. The van der Waals surface area contributed by atoms with E-state index in [9.17, 15) is 42.9 Å². The van der Waals surface area contributed by atoms with Gasteiger partial charge in [0.25, 0.3) is 11.7 Å². The maximum absolute atomic E-state index is 14.5. The zero-order valence-electron chi connectivity index (χ0n) is 45.0. The van der Waals surface area contributed by atoms with Gasteiger partial charge in [-0.1, -0.05) is 88.8 Å². The minimum Gasteiger partial charge on any atom is -0.461 e. The molecule has 5 rings (SSSR count). The van der Waals surface area contributed by atoms with Gasteiger partial charge in [0, 0.05) is 38.6 Å². The van der Waals surface area contributed by atoms with Crippen LogP contribution in [0.4, 0.5) is 0 Å². The maximum Gasteiger partial charge on any atom is 0.329 e. The Morgan fingerprint density at radius 2 is 1.59 bits per heavy atom. The number of rotatable bonds is 8. The Labute approximate surface area is 435 Å². The molecule has 1 amide bonds. The predicted molar refractivity (Wildman–Crippen MR) is 279 cm³/mol. The van der Waals surface area contributed by atoms with Crippen LogP contribution in [0, 0.1) is 42.4 Å². The van der Waals surface area contributed by atoms with Crippen molar-refractivity contribution in [1.29, 1.82) is 0 Å². The highest BCUT2D eigenvalue weighted by Crippen LogP contribution is 2.38. The average molecular weight is 1040 g/mol. The van der Waals surface area contributed by atoms with Gasteiger partial charge in [-0.3, -0.25) is 14.4 Å². The summed E-state index contributed by atoms with van der Waals surface area (Å²) in [5.41, 5.74) is 1.95. The molecule has 1 aromatic carbocycles. The zero-order valence-corrected chi connectivity index (χ0v) is 45.9. The zero-order chi connectivity index (χ0) is 53.8. The number of allylic oxidation sites excluding steroid dienone is 6. The number of methoxy groups -OCH3 is 2. The molecule has 0 spiro atoms. The molecule has 15 nitrogen and oxygen atoms in total. The number of esters is 1. The lowest BCUT2D eigenvalue weighted by Gasteiger charge is -2.43. The third-order valence-corrected chi connectivity index (χ3v) is 17.4. The van der Waals surface area contributed by atoms with Gasteiger partial charge in [0.1, 0.15) is 24.4 Å². The second-order valence-corrected chi connectivity index (χ2v) is 23.7. The Morgan fingerprint density at radius 3 is 2.29 bits per heavy atom. The fourth-order valence-corrected chi connectivity index (χ4v) is 12.6. The molecule has 1 unspecified atom stereocenters. The molecule has 4 aliphatic rings. The lowest BCUT2D eigenvalue weighted by molar-refractivity contribution is -0.264. The van der Waals surface area contributed by atoms with Crippen molar-refractivity contribution in [2.45, 2.75) is 198 Å². The van der Waals surface area contributed by atoms with E-state index in [0.29, 0.717) is 75.4 Å². The van der Waals surface area contributed by atoms with Crippen molar-refractivity contribution in [2.75, 3.05) is 20.8 Å². The number of benzene rings is 1. The van der Waals surface area contributed by atoms with Gasteiger partial charge in [0.05, 0.1) is 23.2 Å². The van der Waals surface area contributed by atoms with Crippen LogP contribution in [0.5, 0.6) is 0 Å². The smallest absolute Gasteiger partial charge is 0.329 e. The lowest BCUT2D eigenvalue weighted by Crippen LogP contribution is -2.61. The maximum atomic E-state index is 14.5. The van der Waals surface area contributed by atoms with Gasteiger partial charge in [0.15, 0.2) is 5.78 Å². The van der Waals surface area contributed by atoms with E-state index in [-0.39, 0.29) is 59.8 Å². The molecule has 4 N–H and O–H groups in total. The van der Waals surface area contributed by atoms with Crippen molar-refractivity contribution < 1.29 is 61.9 Å². The number of hydrogen-bond donors (Lipinski definition) is 4. The minimum atomic E-state index is -4.08. The summed E-state index contributed by atoms with van der Waals surface area (Å²) >= 11 is 0. The van der Waals surface area contributed by atoms with Crippen LogP contribution in [0.1, 0.15) is 138 Å². The van der Waals surface area contributed by atoms with Crippen LogP contribution in [0.15, 0.2) is 76.8 Å². The Bertz CT molecular complexity index is 2280. The van der Waals surface area contributed by atoms with Crippen molar-refractivity contribution in [1.82, 2.24) is 9.62 Å². The average Bonchev–Trinajstić information content (AvgIpc) is 3.35. The number of piperidine rings is 1. The number of ether oxygens (including phenoxy) is 4. The van der Waals surface area contributed by atoms with Gasteiger partial charge in [0.2, 0.25) is 15.8 Å². The van der Waals surface area contributed by atoms with Crippen molar-refractivity contribution in [3.8, 4) is 0 Å². The normalized spacial score (nSPS) is 37.4. The molecule has 3 aliphatic heterocycles. The molecular weight excluding hydrogens is 953 g/mol. The molecule has 2 saturated heterocycles. The third-order valence-electron chi connectivity index (χ3n) is 15.9. The highest BCUT2D eigenvalue weighted by molar-refractivity contribution is 7.89. The van der Waals surface area contributed by atoms with Crippen LogP contribution < -0.4 is 4.72 Å². The van der Waals surface area contributed by atoms with E-state index in [1.54, 1.807) is 71.2 Å². The number of fused-ring (bicyclic) bond motifs is 3. The summed E-state index contributed by atoms with van der Waals surface area (Å²) in [6, 6.07) is 4.57. The van der Waals surface area contributed by atoms with E-state index in [4.69, 9.17) is 18.9 Å². The van der Waals surface area contributed by atoms with Crippen LogP contribution in [0.25, 0.3) is 0 Å². The molecule has 1 aliphatic carbocycles. The predicted octanol–water partition coefficient (Wildman–Crippen LogP) is 7.64. The van der Waals surface area contributed by atoms with Crippen molar-refractivity contribution in [3.63, 3.8) is 0 Å². The number of aliphatic hydroxyl groups is 3. The number of hydrogen-bond acceptors (Lipinski definition) is 13. The van der Waals surface area contributed by atoms with Gasteiger partial charge in [-0.25, -0.2) is 17.9 Å². The number of sulfonamides is 1. The first-order valence-electron chi connectivity index (χ1n) is 26.7. The van der Waals surface area contributed by atoms with E-state index in [0.717, 1.165) is 12.0 Å². The summed E-state index contributed by atoms with van der Waals surface area (Å²) in [6.45, 7) is 14.9. The summed E-state index contributed by atoms with van der Waals surface area (Å²) in [7, 11) is -1.06. The van der Waals surface area contributed by atoms with Gasteiger partial charge in [-0.05, 0) is 151 Å². The van der Waals surface area contributed by atoms with Crippen LogP contribution in [0.3, 0.4) is 0 Å². The molecule has 1 saturated carbocycles. The Morgan fingerprint density at radius 1 is 0.849 bits per heavy atom. The van der Waals surface area contributed by atoms with Gasteiger partial charge >= 0.3 is 5.97 Å². The fourth-order valence-electron chi connectivity index (χ4n) is 11.2. The number of aryl methyl sites for hydroxylation is 1. The molecule has 408 valence electrons. The number of amides is 1. The van der Waals surface area contributed by atoms with E-state index < -0.39 is 87.9 Å². The van der Waals surface area contributed by atoms with E-state index >= 15 is 0 Å². The molecule has 16 heteroatoms. The standard InChI is InChI=1S/C57H86N2O13S/c1-35-17-12-11-13-19-38(4)46(58-73(67,68)45-20-16-18-36(2)31-45)34-44-25-23-42(8)57(66,72-44)54(63)55(64)59-28-15-14-21-47(59)56(65)71-49(39(5)32-43-24-26-48(60)50(33-43)69-9)27-22-37(3)30-41(7)52(62)53(70-10)51(61)40(6)29-35/h11-13,16-20,30-31,35,37,39-40,42-44,46-50,52-53,58,60,62,66H,14-15,21-29,32-34H2,1-10H3/b13-11+,17-12+,38-19+,41-30+/t35-,37+,39-,40-,42-,43+,44+,46?,47+,48-,49+,50-,52-,53+,57-/m1/s1. The SMILES string of the molecule is CO[C@@H]1C[C@H](C[C@@H](C)[C@@H]2CC[C@H](C)/C=C(\C)[C@@H](O)[C@@H](OC)C(=O)[C@H](C)C[C@H](C)/C=C/C=C/C=C(\C)C(NS(=O)(=O)c3cccc(C)c3)C[C@@H]3CC[C@@H](C)[C@@](O)(O3)C(=O)C(=O)N3CCCC[C@H]3C(=O)O2)CC[C@H]1O. The first kappa shape index (κ1) is 60.0. The number of ketones is 2. The molecule has 3 heterocycles. The number of nitrogens with one attached hydrogen (secondary N) is 1. The summed E-state index contributed by atoms with van der Waals surface area (Å²) in [5, 5.41) is 34.3. The van der Waals surface area contributed by atoms with Crippen LogP contribution in [-0.2, 0) is 48.1 Å². The quantitative estimate of drug-likeness (QED) is 0.112. The number of cyclic esters (lactones) is 1. The highest BCUT2D eigenvalue weighted by Gasteiger charge is 2.53. The highest BCUT2D eigenvalue weighted by atomic mass is 32.2. The summed E-state index contributed by atoms with van der Waals surface area (Å²) in [5.74, 6) is -6.99. The van der Waals surface area contributed by atoms with Crippen molar-refractivity contribution in [3.05, 3.63) is 77.4 Å². The first-order chi connectivity index (χ1) is 34.5. The minimum absolute atomic E-state index is 0.0210. The largest absolute Gasteiger partial charge is 0.461 e.